The van der Waals surface area contributed by atoms with Crippen molar-refractivity contribution in [1.82, 2.24) is 4.90 Å². The minimum Gasteiger partial charge on any atom is -0.290 e. The SMILES string of the molecule is CC.CC.CC(C)(CCc1ccc(F)cc1)N1Cc2cccc(F)c2C1. The molecule has 0 unspecified atom stereocenters. The molecule has 3 heteroatoms. The number of hydrogen-bond acceptors (Lipinski definition) is 1. The molecule has 3 rings (SSSR count). The van der Waals surface area contributed by atoms with Gasteiger partial charge in [-0.1, -0.05) is 52.0 Å². The molecule has 0 aliphatic carbocycles. The van der Waals surface area contributed by atoms with Gasteiger partial charge in [0, 0.05) is 24.2 Å². The second-order valence-corrected chi connectivity index (χ2v) is 6.67. The molecule has 0 fully saturated rings. The molecule has 26 heavy (non-hydrogen) atoms. The van der Waals surface area contributed by atoms with Gasteiger partial charge in [0.15, 0.2) is 0 Å². The van der Waals surface area contributed by atoms with Gasteiger partial charge in [0.2, 0.25) is 0 Å². The lowest BCUT2D eigenvalue weighted by molar-refractivity contribution is 0.109. The summed E-state index contributed by atoms with van der Waals surface area (Å²) in [7, 11) is 0. The molecule has 0 spiro atoms. The minimum atomic E-state index is -0.200. The van der Waals surface area contributed by atoms with Gasteiger partial charge in [-0.2, -0.15) is 0 Å². The Balaban J connectivity index is 0.000000791. The normalized spacial score (nSPS) is 13.2. The Morgan fingerprint density at radius 1 is 0.885 bits per heavy atom. The van der Waals surface area contributed by atoms with Crippen LogP contribution in [0.5, 0.6) is 0 Å². The molecule has 0 atom stereocenters. The topological polar surface area (TPSA) is 3.24 Å². The number of hydrogen-bond donors (Lipinski definition) is 0. The van der Waals surface area contributed by atoms with Crippen molar-refractivity contribution in [2.45, 2.75) is 73.0 Å². The van der Waals surface area contributed by atoms with Crippen LogP contribution in [0.15, 0.2) is 42.5 Å². The zero-order chi connectivity index (χ0) is 19.7. The quantitative estimate of drug-likeness (QED) is 0.582. The number of benzene rings is 2. The highest BCUT2D eigenvalue weighted by molar-refractivity contribution is 5.32. The maximum Gasteiger partial charge on any atom is 0.128 e. The van der Waals surface area contributed by atoms with E-state index in [0.29, 0.717) is 6.54 Å². The molecule has 0 saturated heterocycles. The average Bonchev–Trinajstić information content (AvgIpc) is 3.11. The molecule has 0 saturated carbocycles. The number of halogens is 2. The van der Waals surface area contributed by atoms with E-state index in [1.54, 1.807) is 6.07 Å². The summed E-state index contributed by atoms with van der Waals surface area (Å²) in [5.74, 6) is -0.303. The summed E-state index contributed by atoms with van der Waals surface area (Å²) in [5, 5.41) is 0. The van der Waals surface area contributed by atoms with Gasteiger partial charge in [0.1, 0.15) is 11.6 Å². The van der Waals surface area contributed by atoms with E-state index in [0.717, 1.165) is 36.1 Å². The summed E-state index contributed by atoms with van der Waals surface area (Å²) in [6.45, 7) is 13.8. The van der Waals surface area contributed by atoms with E-state index in [4.69, 9.17) is 0 Å². The lowest BCUT2D eigenvalue weighted by Crippen LogP contribution is -2.40. The zero-order valence-corrected chi connectivity index (χ0v) is 17.1. The van der Waals surface area contributed by atoms with Crippen molar-refractivity contribution in [2.75, 3.05) is 0 Å². The second kappa shape index (κ2) is 10.4. The standard InChI is InChI=1S/C19H21F2N.2C2H6/c1-19(2,11-10-14-6-8-16(20)9-7-14)22-12-15-4-3-5-18(21)17(15)13-22;2*1-2/h3-9H,10-13H2,1-2H3;2*1-2H3. The van der Waals surface area contributed by atoms with Gasteiger partial charge in [-0.25, -0.2) is 8.78 Å². The van der Waals surface area contributed by atoms with E-state index in [9.17, 15) is 8.78 Å². The molecule has 1 aliphatic heterocycles. The van der Waals surface area contributed by atoms with E-state index in [2.05, 4.69) is 18.7 Å². The van der Waals surface area contributed by atoms with Crippen molar-refractivity contribution in [3.05, 3.63) is 70.8 Å². The van der Waals surface area contributed by atoms with Crippen molar-refractivity contribution in [2.24, 2.45) is 0 Å². The summed E-state index contributed by atoms with van der Waals surface area (Å²) < 4.78 is 26.8. The molecule has 144 valence electrons. The maximum atomic E-state index is 13.9. The molecule has 0 aromatic heterocycles. The first-order valence-corrected chi connectivity index (χ1v) is 9.71. The first-order valence-electron chi connectivity index (χ1n) is 9.71. The highest BCUT2D eigenvalue weighted by Gasteiger charge is 2.32. The van der Waals surface area contributed by atoms with Crippen LogP contribution in [0.2, 0.25) is 0 Å². The molecule has 2 aromatic carbocycles. The van der Waals surface area contributed by atoms with Crippen LogP contribution in [0.3, 0.4) is 0 Å². The van der Waals surface area contributed by atoms with Crippen LogP contribution < -0.4 is 0 Å². The third-order valence-corrected chi connectivity index (χ3v) is 4.72. The Morgan fingerprint density at radius 2 is 1.50 bits per heavy atom. The van der Waals surface area contributed by atoms with Gasteiger partial charge in [-0.05, 0) is 56.0 Å². The molecule has 0 amide bonds. The van der Waals surface area contributed by atoms with Gasteiger partial charge < -0.3 is 0 Å². The Hall–Kier alpha value is -1.74. The van der Waals surface area contributed by atoms with Crippen LogP contribution in [-0.4, -0.2) is 10.4 Å². The zero-order valence-electron chi connectivity index (χ0n) is 17.1. The highest BCUT2D eigenvalue weighted by atomic mass is 19.1. The summed E-state index contributed by atoms with van der Waals surface area (Å²) in [5.41, 5.74) is 3.03. The molecular weight excluding hydrogens is 328 g/mol. The molecule has 1 heterocycles. The largest absolute Gasteiger partial charge is 0.290 e. The van der Waals surface area contributed by atoms with Crippen molar-refractivity contribution in [3.8, 4) is 0 Å². The summed E-state index contributed by atoms with van der Waals surface area (Å²) in [6.07, 6.45) is 1.84. The Kier molecular flexibility index (Phi) is 8.94. The van der Waals surface area contributed by atoms with Crippen LogP contribution in [0.25, 0.3) is 0 Å². The number of nitrogens with zero attached hydrogens (tertiary/aromatic N) is 1. The fourth-order valence-corrected chi connectivity index (χ4v) is 3.07. The van der Waals surface area contributed by atoms with E-state index in [1.165, 1.54) is 18.2 Å². The first kappa shape index (κ1) is 22.3. The predicted octanol–water partition coefficient (Wildman–Crippen LogP) is 6.74. The van der Waals surface area contributed by atoms with E-state index >= 15 is 0 Å². The van der Waals surface area contributed by atoms with Crippen LogP contribution in [0, 0.1) is 11.6 Å². The Labute approximate surface area is 158 Å². The van der Waals surface area contributed by atoms with Gasteiger partial charge in [-0.3, -0.25) is 4.90 Å². The summed E-state index contributed by atoms with van der Waals surface area (Å²) in [4.78, 5) is 2.32. The van der Waals surface area contributed by atoms with Gasteiger partial charge in [-0.15, -0.1) is 0 Å². The Morgan fingerprint density at radius 3 is 2.08 bits per heavy atom. The van der Waals surface area contributed by atoms with E-state index in [-0.39, 0.29) is 17.2 Å². The average molecular weight is 362 g/mol. The van der Waals surface area contributed by atoms with E-state index < -0.39 is 0 Å². The Bertz CT molecular complexity index is 662. The highest BCUT2D eigenvalue weighted by Crippen LogP contribution is 2.33. The number of rotatable bonds is 4. The second-order valence-electron chi connectivity index (χ2n) is 6.67. The van der Waals surface area contributed by atoms with Crippen LogP contribution in [0.1, 0.15) is 64.7 Å². The number of fused-ring (bicyclic) bond motifs is 1. The predicted molar refractivity (Wildman–Crippen MR) is 107 cm³/mol. The lowest BCUT2D eigenvalue weighted by Gasteiger charge is -2.35. The molecule has 0 radical (unpaired) electrons. The number of aryl methyl sites for hydroxylation is 1. The van der Waals surface area contributed by atoms with Crippen LogP contribution in [-0.2, 0) is 19.5 Å². The molecule has 1 nitrogen and oxygen atoms in total. The maximum absolute atomic E-state index is 13.9. The minimum absolute atomic E-state index is 0.0279. The summed E-state index contributed by atoms with van der Waals surface area (Å²) >= 11 is 0. The molecule has 0 bridgehead atoms. The van der Waals surface area contributed by atoms with Crippen molar-refractivity contribution >= 4 is 0 Å². The smallest absolute Gasteiger partial charge is 0.128 e. The van der Waals surface area contributed by atoms with Gasteiger partial charge in [0.25, 0.3) is 0 Å². The van der Waals surface area contributed by atoms with Crippen molar-refractivity contribution in [1.29, 1.82) is 0 Å². The molecule has 2 aromatic rings. The molecular formula is C23H33F2N. The third kappa shape index (κ3) is 5.63. The fourth-order valence-electron chi connectivity index (χ4n) is 3.07. The molecule has 1 aliphatic rings. The van der Waals surface area contributed by atoms with Gasteiger partial charge in [0.05, 0.1) is 0 Å². The summed E-state index contributed by atoms with van der Waals surface area (Å²) in [6, 6.07) is 12.0. The third-order valence-electron chi connectivity index (χ3n) is 4.72. The lowest BCUT2D eigenvalue weighted by atomic mass is 9.93. The van der Waals surface area contributed by atoms with Crippen molar-refractivity contribution < 1.29 is 8.78 Å². The van der Waals surface area contributed by atoms with Crippen LogP contribution >= 0.6 is 0 Å². The van der Waals surface area contributed by atoms with Crippen molar-refractivity contribution in [3.63, 3.8) is 0 Å². The van der Waals surface area contributed by atoms with Crippen LogP contribution in [0.4, 0.5) is 8.78 Å². The van der Waals surface area contributed by atoms with Gasteiger partial charge >= 0.3 is 0 Å². The monoisotopic (exact) mass is 361 g/mol. The molecule has 0 N–H and O–H groups in total. The first-order chi connectivity index (χ1) is 12.5. The van der Waals surface area contributed by atoms with E-state index in [1.807, 2.05) is 45.9 Å². The fraction of sp³-hybridized carbons (Fsp3) is 0.478.